The molecule has 0 aromatic heterocycles. The van der Waals surface area contributed by atoms with Crippen LogP contribution in [0.4, 0.5) is 0 Å². The number of rotatable bonds is 54. The smallest absolute Gasteiger partial charge is 0.306 e. The Balaban J connectivity index is 4.13. The van der Waals surface area contributed by atoms with E-state index in [1.54, 1.807) is 0 Å². The summed E-state index contributed by atoms with van der Waals surface area (Å²) in [7, 11) is 1.15. The molecule has 0 amide bonds. The fourth-order valence-electron chi connectivity index (χ4n) is 7.98. The molecule has 0 saturated heterocycles. The lowest BCUT2D eigenvalue weighted by molar-refractivity contribution is -0.870. The summed E-state index contributed by atoms with van der Waals surface area (Å²) in [5.41, 5.74) is 0. The van der Waals surface area contributed by atoms with Crippen molar-refractivity contribution in [2.24, 2.45) is 0 Å². The van der Waals surface area contributed by atoms with Crippen molar-refractivity contribution in [3.8, 4) is 0 Å². The number of hydrogen-bond acceptors (Lipinski definition) is 8. The van der Waals surface area contributed by atoms with Crippen LogP contribution in [0.5, 0.6) is 0 Å². The van der Waals surface area contributed by atoms with Crippen molar-refractivity contribution in [3.63, 3.8) is 0 Å². The van der Waals surface area contributed by atoms with E-state index < -0.39 is 32.5 Å². The Bertz CT molecular complexity index is 1570. The van der Waals surface area contributed by atoms with Gasteiger partial charge in [0.25, 0.3) is 7.82 Å². The highest BCUT2D eigenvalue weighted by atomic mass is 31.2. The molecule has 0 spiro atoms. The van der Waals surface area contributed by atoms with Crippen molar-refractivity contribution >= 4 is 19.8 Å². The van der Waals surface area contributed by atoms with E-state index in [2.05, 4.69) is 111 Å². The molecule has 74 heavy (non-hydrogen) atoms. The lowest BCUT2D eigenvalue weighted by atomic mass is 10.0. The van der Waals surface area contributed by atoms with Crippen LogP contribution < -0.4 is 4.89 Å². The zero-order valence-corrected chi connectivity index (χ0v) is 49.2. The molecule has 426 valence electrons. The predicted octanol–water partition coefficient (Wildman–Crippen LogP) is 18.2. The van der Waals surface area contributed by atoms with Crippen LogP contribution in [0.15, 0.2) is 97.2 Å². The largest absolute Gasteiger partial charge is 0.756 e. The highest BCUT2D eigenvalue weighted by Crippen LogP contribution is 2.38. The second-order valence-corrected chi connectivity index (χ2v) is 22.4. The molecule has 0 aliphatic heterocycles. The zero-order valence-electron chi connectivity index (χ0n) is 48.3. The van der Waals surface area contributed by atoms with E-state index >= 15 is 0 Å². The van der Waals surface area contributed by atoms with Gasteiger partial charge in [0.05, 0.1) is 27.7 Å². The molecule has 0 bridgehead atoms. The quantitative estimate of drug-likeness (QED) is 0.0195. The van der Waals surface area contributed by atoms with Crippen LogP contribution in [-0.2, 0) is 32.7 Å². The maximum atomic E-state index is 12.8. The van der Waals surface area contributed by atoms with E-state index in [0.717, 1.165) is 96.3 Å². The molecule has 2 unspecified atom stereocenters. The highest BCUT2D eigenvalue weighted by molar-refractivity contribution is 7.45. The number of carbonyl (C=O) groups is 2. The summed E-state index contributed by atoms with van der Waals surface area (Å²) in [5, 5.41) is 0. The molecule has 0 N–H and O–H groups in total. The number of likely N-dealkylation sites (N-methyl/N-ethyl adjacent to an activating group) is 1. The SMILES string of the molecule is CC/C=C\C/C=C\C/C=C\C/C=C\C/C=C\CCCCCCCCCCCCCCCCCC(=O)OC(COC(=O)CCCCCCCC/C=C\C/C=C\C/C=C\CCCCC)COP(=O)([O-])OCC[N+](C)(C)C. The Morgan fingerprint density at radius 1 is 0.432 bits per heavy atom. The fourth-order valence-corrected chi connectivity index (χ4v) is 8.71. The molecule has 0 aliphatic carbocycles. The van der Waals surface area contributed by atoms with Crippen LogP contribution in [-0.4, -0.2) is 70.0 Å². The summed E-state index contributed by atoms with van der Waals surface area (Å²) in [5.74, 6) is -0.848. The van der Waals surface area contributed by atoms with Crippen LogP contribution in [0.2, 0.25) is 0 Å². The Kier molecular flexibility index (Phi) is 52.4. The van der Waals surface area contributed by atoms with Gasteiger partial charge < -0.3 is 27.9 Å². The van der Waals surface area contributed by atoms with E-state index in [4.69, 9.17) is 18.5 Å². The van der Waals surface area contributed by atoms with Gasteiger partial charge in [0.1, 0.15) is 19.8 Å². The van der Waals surface area contributed by atoms with Gasteiger partial charge in [0.2, 0.25) is 0 Å². The number of nitrogens with zero attached hydrogens (tertiary/aromatic N) is 1. The Hall–Kier alpha value is -3.07. The van der Waals surface area contributed by atoms with Crippen LogP contribution in [0.1, 0.15) is 245 Å². The monoisotopic (exact) mass is 1050 g/mol. The van der Waals surface area contributed by atoms with Gasteiger partial charge in [-0.2, -0.15) is 0 Å². The average molecular weight is 1050 g/mol. The standard InChI is InChI=1S/C64H112NO8P/c1-6-8-10-12-14-16-18-20-22-24-26-27-28-29-30-31-32-33-34-35-36-37-39-41-43-45-47-49-51-53-55-57-64(67)73-62(61-72-74(68,69)71-59-58-65(3,4)5)60-70-63(66)56-54-52-50-48-46-44-42-40-38-25-23-21-19-17-15-13-11-9-7-2/h8,10,14-17,20-23,26-27,29-30,38,40,62H,6-7,9,11-13,18-19,24-25,28,31-37,39,41-61H2,1-5H3/b10-8-,16-14-,17-15-,22-20-,23-21-,27-26-,30-29-,40-38-. The summed E-state index contributed by atoms with van der Waals surface area (Å²) >= 11 is 0. The predicted molar refractivity (Wildman–Crippen MR) is 314 cm³/mol. The minimum absolute atomic E-state index is 0.0367. The minimum Gasteiger partial charge on any atom is -0.756 e. The molecule has 9 nitrogen and oxygen atoms in total. The van der Waals surface area contributed by atoms with E-state index in [-0.39, 0.29) is 26.1 Å². The van der Waals surface area contributed by atoms with Gasteiger partial charge >= 0.3 is 11.9 Å². The van der Waals surface area contributed by atoms with E-state index in [1.165, 1.54) is 109 Å². The summed E-state index contributed by atoms with van der Waals surface area (Å²) < 4.78 is 34.2. The third-order valence-corrected chi connectivity index (χ3v) is 13.6. The molecule has 0 rings (SSSR count). The molecule has 0 heterocycles. The molecule has 0 fully saturated rings. The molecule has 0 aromatic carbocycles. The number of hydrogen-bond donors (Lipinski definition) is 0. The van der Waals surface area contributed by atoms with Gasteiger partial charge in [-0.1, -0.05) is 233 Å². The first kappa shape index (κ1) is 70.9. The highest BCUT2D eigenvalue weighted by Gasteiger charge is 2.22. The maximum Gasteiger partial charge on any atom is 0.306 e. The Morgan fingerprint density at radius 3 is 1.15 bits per heavy atom. The second kappa shape index (κ2) is 54.7. The number of phosphoric acid groups is 1. The summed E-state index contributed by atoms with van der Waals surface area (Å²) in [6.45, 7) is 4.09. The Morgan fingerprint density at radius 2 is 0.770 bits per heavy atom. The molecule has 0 aromatic rings. The number of ether oxygens (including phenoxy) is 2. The third kappa shape index (κ3) is 58.2. The topological polar surface area (TPSA) is 111 Å². The van der Waals surface area contributed by atoms with Crippen LogP contribution in [0.25, 0.3) is 0 Å². The van der Waals surface area contributed by atoms with Crippen molar-refractivity contribution < 1.29 is 42.1 Å². The normalized spacial score (nSPS) is 14.0. The minimum atomic E-state index is -4.64. The molecule has 0 aliphatic rings. The van der Waals surface area contributed by atoms with E-state index in [0.29, 0.717) is 23.9 Å². The second-order valence-electron chi connectivity index (χ2n) is 21.0. The number of phosphoric ester groups is 1. The maximum absolute atomic E-state index is 12.8. The summed E-state index contributed by atoms with van der Waals surface area (Å²) in [6, 6.07) is 0. The van der Waals surface area contributed by atoms with Gasteiger partial charge in [-0.3, -0.25) is 14.2 Å². The first-order valence-electron chi connectivity index (χ1n) is 29.9. The number of allylic oxidation sites excluding steroid dienone is 16. The van der Waals surface area contributed by atoms with E-state index in [1.807, 2.05) is 21.1 Å². The number of quaternary nitrogens is 1. The van der Waals surface area contributed by atoms with Gasteiger partial charge in [-0.25, -0.2) is 0 Å². The lowest BCUT2D eigenvalue weighted by Gasteiger charge is -2.28. The zero-order chi connectivity index (χ0) is 54.2. The fraction of sp³-hybridized carbons (Fsp3) is 0.719. The summed E-state index contributed by atoms with van der Waals surface area (Å²) in [6.07, 6.45) is 74.5. The number of esters is 2. The Labute approximate surface area is 455 Å². The van der Waals surface area contributed by atoms with Gasteiger partial charge in [-0.15, -0.1) is 0 Å². The summed E-state index contributed by atoms with van der Waals surface area (Å²) in [4.78, 5) is 37.9. The van der Waals surface area contributed by atoms with Crippen molar-refractivity contribution in [3.05, 3.63) is 97.2 Å². The van der Waals surface area contributed by atoms with Crippen LogP contribution in [0, 0.1) is 0 Å². The third-order valence-electron chi connectivity index (χ3n) is 12.6. The average Bonchev–Trinajstić information content (AvgIpc) is 3.36. The molecule has 10 heteroatoms. The van der Waals surface area contributed by atoms with Crippen molar-refractivity contribution in [1.82, 2.24) is 0 Å². The molecule has 0 saturated carbocycles. The van der Waals surface area contributed by atoms with Crippen molar-refractivity contribution in [2.75, 3.05) is 47.5 Å². The van der Waals surface area contributed by atoms with E-state index in [9.17, 15) is 19.0 Å². The molecular weight excluding hydrogens is 942 g/mol. The molecular formula is C64H112NO8P. The molecule has 0 radical (unpaired) electrons. The number of unbranched alkanes of at least 4 members (excludes halogenated alkanes) is 24. The van der Waals surface area contributed by atoms with Crippen molar-refractivity contribution in [2.45, 2.75) is 251 Å². The molecule has 2 atom stereocenters. The van der Waals surface area contributed by atoms with Crippen LogP contribution in [0.3, 0.4) is 0 Å². The van der Waals surface area contributed by atoms with Crippen LogP contribution >= 0.6 is 7.82 Å². The van der Waals surface area contributed by atoms with Gasteiger partial charge in [-0.05, 0) is 96.3 Å². The van der Waals surface area contributed by atoms with Crippen molar-refractivity contribution in [1.29, 1.82) is 0 Å². The first-order chi connectivity index (χ1) is 36.0. The first-order valence-corrected chi connectivity index (χ1v) is 31.4. The van der Waals surface area contributed by atoms with Gasteiger partial charge in [0.15, 0.2) is 6.10 Å². The lowest BCUT2D eigenvalue weighted by Crippen LogP contribution is -2.37. The van der Waals surface area contributed by atoms with Gasteiger partial charge in [0, 0.05) is 12.8 Å². The number of carbonyl (C=O) groups excluding carboxylic acids is 2.